The monoisotopic (exact) mass is 471 g/mol. The van der Waals surface area contributed by atoms with Gasteiger partial charge >= 0.3 is 0 Å². The number of nitrogens with zero attached hydrogens (tertiary/aromatic N) is 1. The maximum absolute atomic E-state index is 12.4. The lowest BCUT2D eigenvalue weighted by Gasteiger charge is -2.08. The summed E-state index contributed by atoms with van der Waals surface area (Å²) in [6.07, 6.45) is 3.33. The van der Waals surface area contributed by atoms with E-state index in [1.165, 1.54) is 4.90 Å². The van der Waals surface area contributed by atoms with Crippen molar-refractivity contribution < 1.29 is 0 Å². The standard InChI is InChI=1S/C22H22BrN3O2S/c1-26(2)10-11-29-18-8-6-15(7-9-18)13-19-21(27)25-20(22(28)24-19)14-16-4-3-5-17(23)12-16/h3-9,12-14H,10-11H2,1-2H3,(H,24,28)(H,25,27)/b19-13-,20-14-. The molecule has 0 atom stereocenters. The summed E-state index contributed by atoms with van der Waals surface area (Å²) < 4.78 is 0.901. The average molecular weight is 472 g/mol. The van der Waals surface area contributed by atoms with Crippen molar-refractivity contribution in [2.75, 3.05) is 26.4 Å². The molecule has 1 heterocycles. The number of aromatic amines is 2. The fraction of sp³-hybridized carbons (Fsp3) is 0.182. The Morgan fingerprint density at radius 3 is 2.14 bits per heavy atom. The zero-order valence-corrected chi connectivity index (χ0v) is 18.6. The van der Waals surface area contributed by atoms with Crippen LogP contribution in [-0.2, 0) is 0 Å². The van der Waals surface area contributed by atoms with E-state index in [4.69, 9.17) is 0 Å². The van der Waals surface area contributed by atoms with Gasteiger partial charge in [-0.05, 0) is 61.6 Å². The Bertz CT molecular complexity index is 1210. The maximum atomic E-state index is 12.4. The molecule has 0 radical (unpaired) electrons. The molecule has 0 aliphatic carbocycles. The lowest BCUT2D eigenvalue weighted by molar-refractivity contribution is 0.437. The SMILES string of the molecule is CN(C)CCSc1ccc(/C=c2\[nH]c(=O)/c(=C/c3cccc(Br)c3)[nH]c2=O)cc1. The van der Waals surface area contributed by atoms with Crippen LogP contribution in [0.5, 0.6) is 0 Å². The van der Waals surface area contributed by atoms with Gasteiger partial charge in [-0.25, -0.2) is 0 Å². The van der Waals surface area contributed by atoms with Gasteiger partial charge in [-0.1, -0.05) is 40.2 Å². The van der Waals surface area contributed by atoms with Gasteiger partial charge in [0.1, 0.15) is 10.7 Å². The molecule has 3 rings (SSSR count). The van der Waals surface area contributed by atoms with Crippen LogP contribution < -0.4 is 21.8 Å². The highest BCUT2D eigenvalue weighted by Crippen LogP contribution is 2.18. The van der Waals surface area contributed by atoms with E-state index in [1.807, 2.05) is 48.5 Å². The summed E-state index contributed by atoms with van der Waals surface area (Å²) in [4.78, 5) is 33.5. The molecule has 0 amide bonds. The maximum Gasteiger partial charge on any atom is 0.272 e. The van der Waals surface area contributed by atoms with E-state index in [2.05, 4.69) is 44.9 Å². The van der Waals surface area contributed by atoms with E-state index < -0.39 is 0 Å². The van der Waals surface area contributed by atoms with Gasteiger partial charge in [-0.15, -0.1) is 11.8 Å². The smallest absolute Gasteiger partial charge is 0.272 e. The van der Waals surface area contributed by atoms with Crippen LogP contribution in [0.2, 0.25) is 0 Å². The van der Waals surface area contributed by atoms with Crippen LogP contribution in [0.25, 0.3) is 12.2 Å². The summed E-state index contributed by atoms with van der Waals surface area (Å²) in [5.41, 5.74) is 0.994. The molecular formula is C22H22BrN3O2S. The van der Waals surface area contributed by atoms with Crippen LogP contribution in [0.1, 0.15) is 11.1 Å². The second kappa shape index (κ2) is 9.91. The third-order valence-corrected chi connectivity index (χ3v) is 5.63. The molecule has 0 saturated carbocycles. The fourth-order valence-electron chi connectivity index (χ4n) is 2.63. The molecule has 0 fully saturated rings. The van der Waals surface area contributed by atoms with Gasteiger partial charge in [-0.2, -0.15) is 0 Å². The molecular weight excluding hydrogens is 450 g/mol. The normalized spacial score (nSPS) is 12.7. The van der Waals surface area contributed by atoms with Crippen LogP contribution in [0, 0.1) is 0 Å². The number of nitrogens with one attached hydrogen (secondary N) is 2. The highest BCUT2D eigenvalue weighted by molar-refractivity contribution is 9.10. The lowest BCUT2D eigenvalue weighted by atomic mass is 10.2. The van der Waals surface area contributed by atoms with Crippen molar-refractivity contribution in [2.24, 2.45) is 0 Å². The minimum absolute atomic E-state index is 0.220. The molecule has 0 aliphatic rings. The molecule has 150 valence electrons. The number of thioether (sulfide) groups is 1. The number of aromatic nitrogens is 2. The summed E-state index contributed by atoms with van der Waals surface area (Å²) in [5, 5.41) is 0.451. The minimum atomic E-state index is -0.341. The molecule has 2 aromatic carbocycles. The van der Waals surface area contributed by atoms with E-state index in [0.717, 1.165) is 27.9 Å². The first-order valence-corrected chi connectivity index (χ1v) is 10.9. The van der Waals surface area contributed by atoms with Gasteiger partial charge in [0.15, 0.2) is 0 Å². The highest BCUT2D eigenvalue weighted by atomic mass is 79.9. The Kier molecular flexibility index (Phi) is 7.30. The molecule has 0 aliphatic heterocycles. The Morgan fingerprint density at radius 1 is 0.931 bits per heavy atom. The number of hydrogen-bond donors (Lipinski definition) is 2. The molecule has 3 aromatic rings. The summed E-state index contributed by atoms with van der Waals surface area (Å²) in [6.45, 7) is 1.01. The van der Waals surface area contributed by atoms with E-state index >= 15 is 0 Å². The van der Waals surface area contributed by atoms with Gasteiger partial charge in [0.05, 0.1) is 0 Å². The number of hydrogen-bond acceptors (Lipinski definition) is 4. The van der Waals surface area contributed by atoms with Crippen molar-refractivity contribution in [3.05, 3.63) is 95.5 Å². The largest absolute Gasteiger partial charge is 0.316 e. The highest BCUT2D eigenvalue weighted by Gasteiger charge is 1.99. The second-order valence-corrected chi connectivity index (χ2v) is 8.88. The second-order valence-electron chi connectivity index (χ2n) is 6.80. The Labute approximate surface area is 181 Å². The third kappa shape index (κ3) is 6.32. The number of benzene rings is 2. The summed E-state index contributed by atoms with van der Waals surface area (Å²) in [6, 6.07) is 15.4. The van der Waals surface area contributed by atoms with Gasteiger partial charge in [-0.3, -0.25) is 9.59 Å². The van der Waals surface area contributed by atoms with Crippen molar-refractivity contribution >= 4 is 39.8 Å². The van der Waals surface area contributed by atoms with Crippen LogP contribution >= 0.6 is 27.7 Å². The quantitative estimate of drug-likeness (QED) is 0.540. The van der Waals surface area contributed by atoms with Crippen molar-refractivity contribution in [1.29, 1.82) is 0 Å². The zero-order valence-electron chi connectivity index (χ0n) is 16.2. The minimum Gasteiger partial charge on any atom is -0.316 e. The number of halogens is 1. The van der Waals surface area contributed by atoms with Crippen LogP contribution in [0.15, 0.2) is 67.5 Å². The number of H-pyrrole nitrogens is 2. The Balaban J connectivity index is 1.86. The van der Waals surface area contributed by atoms with E-state index in [-0.39, 0.29) is 21.8 Å². The van der Waals surface area contributed by atoms with E-state index in [0.29, 0.717) is 0 Å². The first-order chi connectivity index (χ1) is 13.9. The van der Waals surface area contributed by atoms with E-state index in [1.54, 1.807) is 23.9 Å². The van der Waals surface area contributed by atoms with Crippen LogP contribution in [0.4, 0.5) is 0 Å². The zero-order chi connectivity index (χ0) is 20.8. The fourth-order valence-corrected chi connectivity index (χ4v) is 4.07. The van der Waals surface area contributed by atoms with Crippen molar-refractivity contribution in [1.82, 2.24) is 14.9 Å². The molecule has 5 nitrogen and oxygen atoms in total. The molecule has 29 heavy (non-hydrogen) atoms. The predicted octanol–water partition coefficient (Wildman–Crippen LogP) is 2.14. The van der Waals surface area contributed by atoms with Gasteiger partial charge in [0.25, 0.3) is 11.1 Å². The molecule has 0 bridgehead atoms. The van der Waals surface area contributed by atoms with Crippen molar-refractivity contribution in [3.63, 3.8) is 0 Å². The Hall–Kier alpha value is -2.35. The Morgan fingerprint density at radius 2 is 1.55 bits per heavy atom. The summed E-state index contributed by atoms with van der Waals surface area (Å²) in [7, 11) is 4.11. The molecule has 2 N–H and O–H groups in total. The predicted molar refractivity (Wildman–Crippen MR) is 124 cm³/mol. The first-order valence-electron chi connectivity index (χ1n) is 9.10. The topological polar surface area (TPSA) is 69.0 Å². The molecule has 7 heteroatoms. The first kappa shape index (κ1) is 21.4. The van der Waals surface area contributed by atoms with Gasteiger partial charge in [0.2, 0.25) is 0 Å². The average Bonchev–Trinajstić information content (AvgIpc) is 2.67. The third-order valence-electron chi connectivity index (χ3n) is 4.14. The van der Waals surface area contributed by atoms with Gasteiger partial charge < -0.3 is 14.9 Å². The molecule has 1 aromatic heterocycles. The summed E-state index contributed by atoms with van der Waals surface area (Å²) in [5.74, 6) is 1.01. The summed E-state index contributed by atoms with van der Waals surface area (Å²) >= 11 is 5.18. The van der Waals surface area contributed by atoms with E-state index in [9.17, 15) is 9.59 Å². The lowest BCUT2D eigenvalue weighted by Crippen LogP contribution is -2.46. The van der Waals surface area contributed by atoms with Crippen molar-refractivity contribution in [2.45, 2.75) is 4.90 Å². The van der Waals surface area contributed by atoms with Crippen LogP contribution in [0.3, 0.4) is 0 Å². The number of rotatable bonds is 6. The molecule has 0 spiro atoms. The van der Waals surface area contributed by atoms with Crippen LogP contribution in [-0.4, -0.2) is 41.3 Å². The van der Waals surface area contributed by atoms with Gasteiger partial charge in [0, 0.05) is 21.7 Å². The molecule has 0 saturated heterocycles. The molecule has 0 unspecified atom stereocenters. The van der Waals surface area contributed by atoms with Crippen molar-refractivity contribution in [3.8, 4) is 0 Å².